The average molecular weight is 321 g/mol. The van der Waals surface area contributed by atoms with Gasteiger partial charge in [-0.1, -0.05) is 47.5 Å². The molecular weight excluding hydrogens is 307 g/mol. The topological polar surface area (TPSA) is 42.7 Å². The van der Waals surface area contributed by atoms with Crippen molar-refractivity contribution in [1.29, 1.82) is 0 Å². The number of benzene rings is 2. The van der Waals surface area contributed by atoms with E-state index < -0.39 is 0 Å². The number of nitrogens with one attached hydrogen (secondary N) is 1. The van der Waals surface area contributed by atoms with Gasteiger partial charge >= 0.3 is 0 Å². The average Bonchev–Trinajstić information content (AvgIpc) is 2.87. The summed E-state index contributed by atoms with van der Waals surface area (Å²) in [5, 5.41) is 13.0. The quantitative estimate of drug-likeness (QED) is 0.753. The zero-order valence-electron chi connectivity index (χ0n) is 11.4. The molecule has 21 heavy (non-hydrogen) atoms. The minimum Gasteiger partial charge on any atom is -0.364 e. The first kappa shape index (κ1) is 14.2. The summed E-state index contributed by atoms with van der Waals surface area (Å²) in [4.78, 5) is 0. The molecule has 2 aromatic carbocycles. The van der Waals surface area contributed by atoms with Gasteiger partial charge < -0.3 is 5.32 Å². The van der Waals surface area contributed by atoms with Crippen LogP contribution in [0.2, 0.25) is 10.0 Å². The van der Waals surface area contributed by atoms with Crippen molar-refractivity contribution in [1.82, 2.24) is 15.0 Å². The molecule has 1 unspecified atom stereocenters. The fraction of sp³-hybridized carbons (Fsp3) is 0.200. The first-order valence-corrected chi connectivity index (χ1v) is 7.45. The number of hydrogen-bond acceptors (Lipinski definition) is 3. The van der Waals surface area contributed by atoms with Crippen LogP contribution in [0.3, 0.4) is 0 Å². The van der Waals surface area contributed by atoms with Gasteiger partial charge in [0.15, 0.2) is 0 Å². The van der Waals surface area contributed by atoms with E-state index in [1.807, 2.05) is 41.1 Å². The monoisotopic (exact) mass is 320 g/mol. The maximum absolute atomic E-state index is 6.04. The van der Waals surface area contributed by atoms with Crippen LogP contribution in [0.25, 0.3) is 11.0 Å². The molecule has 4 nitrogen and oxygen atoms in total. The summed E-state index contributed by atoms with van der Waals surface area (Å²) in [7, 11) is 0. The Morgan fingerprint density at radius 3 is 2.57 bits per heavy atom. The van der Waals surface area contributed by atoms with Crippen LogP contribution in [0.1, 0.15) is 19.5 Å². The van der Waals surface area contributed by atoms with Gasteiger partial charge in [-0.05, 0) is 36.8 Å². The second kappa shape index (κ2) is 5.92. The molecule has 1 aromatic heterocycles. The van der Waals surface area contributed by atoms with Crippen molar-refractivity contribution >= 4 is 39.9 Å². The summed E-state index contributed by atoms with van der Waals surface area (Å²) in [6.45, 7) is 2.08. The second-order valence-corrected chi connectivity index (χ2v) is 5.62. The van der Waals surface area contributed by atoms with Crippen LogP contribution >= 0.6 is 23.2 Å². The summed E-state index contributed by atoms with van der Waals surface area (Å²) in [5.41, 5.74) is 2.73. The lowest BCUT2D eigenvalue weighted by Gasteiger charge is -2.19. The molecule has 1 atom stereocenters. The van der Waals surface area contributed by atoms with Crippen molar-refractivity contribution in [2.24, 2.45) is 0 Å². The Labute approximate surface area is 132 Å². The van der Waals surface area contributed by atoms with Crippen molar-refractivity contribution in [3.05, 3.63) is 52.5 Å². The Balaban J connectivity index is 1.95. The van der Waals surface area contributed by atoms with E-state index in [1.165, 1.54) is 0 Å². The fourth-order valence-electron chi connectivity index (χ4n) is 2.28. The Bertz CT molecular complexity index is 749. The third-order valence-electron chi connectivity index (χ3n) is 3.26. The van der Waals surface area contributed by atoms with Crippen LogP contribution < -0.4 is 5.32 Å². The minimum atomic E-state index is -0.0214. The molecule has 0 aliphatic rings. The minimum absolute atomic E-state index is 0.0214. The van der Waals surface area contributed by atoms with Gasteiger partial charge in [-0.25, -0.2) is 4.68 Å². The number of rotatable bonds is 4. The van der Waals surface area contributed by atoms with Gasteiger partial charge in [0.05, 0.1) is 5.52 Å². The number of anilines is 1. The van der Waals surface area contributed by atoms with Gasteiger partial charge in [0, 0.05) is 15.7 Å². The largest absolute Gasteiger partial charge is 0.364 e. The van der Waals surface area contributed by atoms with Crippen molar-refractivity contribution < 1.29 is 0 Å². The highest BCUT2D eigenvalue weighted by atomic mass is 35.5. The third-order valence-corrected chi connectivity index (χ3v) is 3.69. The highest BCUT2D eigenvalue weighted by Crippen LogP contribution is 2.26. The van der Waals surface area contributed by atoms with Crippen molar-refractivity contribution in [2.45, 2.75) is 19.5 Å². The van der Waals surface area contributed by atoms with Crippen LogP contribution in [0.15, 0.2) is 42.5 Å². The van der Waals surface area contributed by atoms with Crippen molar-refractivity contribution in [3.63, 3.8) is 0 Å². The Morgan fingerprint density at radius 1 is 1.14 bits per heavy atom. The molecule has 0 radical (unpaired) electrons. The number of halogens is 2. The maximum Gasteiger partial charge on any atom is 0.122 e. The van der Waals surface area contributed by atoms with Crippen molar-refractivity contribution in [2.75, 3.05) is 5.32 Å². The lowest BCUT2D eigenvalue weighted by Crippen LogP contribution is -2.18. The fourth-order valence-corrected chi connectivity index (χ4v) is 2.81. The molecule has 3 rings (SSSR count). The molecular formula is C15H14Cl2N4. The zero-order valence-corrected chi connectivity index (χ0v) is 12.9. The van der Waals surface area contributed by atoms with E-state index in [-0.39, 0.29) is 6.17 Å². The van der Waals surface area contributed by atoms with E-state index >= 15 is 0 Å². The van der Waals surface area contributed by atoms with Crippen LogP contribution in [0, 0.1) is 0 Å². The van der Waals surface area contributed by atoms with E-state index in [0.717, 1.165) is 23.1 Å². The molecule has 0 bridgehead atoms. The molecule has 6 heteroatoms. The van der Waals surface area contributed by atoms with E-state index in [2.05, 4.69) is 22.6 Å². The molecule has 3 aromatic rings. The Kier molecular flexibility index (Phi) is 3.99. The number of fused-ring (bicyclic) bond motifs is 1. The van der Waals surface area contributed by atoms with Gasteiger partial charge in [-0.3, -0.25) is 0 Å². The second-order valence-electron chi connectivity index (χ2n) is 4.75. The molecule has 1 N–H and O–H groups in total. The highest BCUT2D eigenvalue weighted by molar-refractivity contribution is 6.35. The smallest absolute Gasteiger partial charge is 0.122 e. The Morgan fingerprint density at radius 2 is 1.86 bits per heavy atom. The highest BCUT2D eigenvalue weighted by Gasteiger charge is 2.14. The summed E-state index contributed by atoms with van der Waals surface area (Å²) >= 11 is 12.1. The predicted molar refractivity (Wildman–Crippen MR) is 86.9 cm³/mol. The summed E-state index contributed by atoms with van der Waals surface area (Å²) < 4.78 is 1.88. The van der Waals surface area contributed by atoms with E-state index in [4.69, 9.17) is 23.2 Å². The molecule has 0 fully saturated rings. The molecule has 0 aliphatic heterocycles. The molecule has 1 heterocycles. The molecule has 108 valence electrons. The van der Waals surface area contributed by atoms with Gasteiger partial charge in [-0.15, -0.1) is 5.10 Å². The van der Waals surface area contributed by atoms with Gasteiger partial charge in [0.25, 0.3) is 0 Å². The van der Waals surface area contributed by atoms with Crippen molar-refractivity contribution in [3.8, 4) is 0 Å². The number of para-hydroxylation sites is 1. The molecule has 0 aliphatic carbocycles. The van der Waals surface area contributed by atoms with E-state index in [9.17, 15) is 0 Å². The lowest BCUT2D eigenvalue weighted by atomic mass is 10.2. The first-order chi connectivity index (χ1) is 10.2. The van der Waals surface area contributed by atoms with Gasteiger partial charge in [-0.2, -0.15) is 0 Å². The van der Waals surface area contributed by atoms with Crippen LogP contribution in [0.4, 0.5) is 5.69 Å². The normalized spacial score (nSPS) is 12.5. The summed E-state index contributed by atoms with van der Waals surface area (Å²) in [6.07, 6.45) is 0.823. The molecule has 0 saturated heterocycles. The van der Waals surface area contributed by atoms with Gasteiger partial charge in [0.2, 0.25) is 0 Å². The van der Waals surface area contributed by atoms with Crippen LogP contribution in [-0.4, -0.2) is 15.0 Å². The SMILES string of the molecule is CCC(Nc1cc(Cl)cc(Cl)c1)n1nnc2ccccc21. The third kappa shape index (κ3) is 2.96. The molecule has 0 amide bonds. The molecule has 0 spiro atoms. The standard InChI is InChI=1S/C15H14Cl2N4/c1-2-15(18-12-8-10(16)7-11(17)9-12)21-14-6-4-3-5-13(14)19-20-21/h3-9,15,18H,2H2,1H3. The summed E-state index contributed by atoms with van der Waals surface area (Å²) in [5.74, 6) is 0. The number of hydrogen-bond donors (Lipinski definition) is 1. The van der Waals surface area contributed by atoms with E-state index in [0.29, 0.717) is 10.0 Å². The van der Waals surface area contributed by atoms with Crippen LogP contribution in [0.5, 0.6) is 0 Å². The van der Waals surface area contributed by atoms with E-state index in [1.54, 1.807) is 6.07 Å². The number of nitrogens with zero attached hydrogens (tertiary/aromatic N) is 3. The van der Waals surface area contributed by atoms with Gasteiger partial charge in [0.1, 0.15) is 11.7 Å². The number of aromatic nitrogens is 3. The predicted octanol–water partition coefficient (Wildman–Crippen LogP) is 4.76. The summed E-state index contributed by atoms with van der Waals surface area (Å²) in [6, 6.07) is 13.3. The Hall–Kier alpha value is -1.78. The van der Waals surface area contributed by atoms with Crippen LogP contribution in [-0.2, 0) is 0 Å². The zero-order chi connectivity index (χ0) is 14.8. The first-order valence-electron chi connectivity index (χ1n) is 6.70. The molecule has 0 saturated carbocycles. The maximum atomic E-state index is 6.04. The lowest BCUT2D eigenvalue weighted by molar-refractivity contribution is 0.490.